The van der Waals surface area contributed by atoms with Gasteiger partial charge in [0, 0.05) is 24.6 Å². The molecule has 5 aromatic rings. The zero-order valence-corrected chi connectivity index (χ0v) is 21.9. The molecule has 1 aromatic heterocycles. The van der Waals surface area contributed by atoms with Gasteiger partial charge in [0.2, 0.25) is 11.8 Å². The highest BCUT2D eigenvalue weighted by molar-refractivity contribution is 5.94. The zero-order chi connectivity index (χ0) is 27.7. The van der Waals surface area contributed by atoms with Crippen LogP contribution >= 0.6 is 0 Å². The van der Waals surface area contributed by atoms with Crippen LogP contribution in [-0.4, -0.2) is 33.0 Å². The van der Waals surface area contributed by atoms with Crippen molar-refractivity contribution in [3.05, 3.63) is 138 Å². The third-order valence-corrected chi connectivity index (χ3v) is 6.49. The number of aryl methyl sites for hydroxylation is 1. The van der Waals surface area contributed by atoms with Gasteiger partial charge in [0.05, 0.1) is 11.4 Å². The summed E-state index contributed by atoms with van der Waals surface area (Å²) in [4.78, 5) is 28.3. The molecule has 0 spiro atoms. The number of carbonyl (C=O) groups is 2. The van der Waals surface area contributed by atoms with Gasteiger partial charge >= 0.3 is 0 Å². The molecule has 0 unspecified atom stereocenters. The predicted octanol–water partition coefficient (Wildman–Crippen LogP) is 6.28. The number of carbonyl (C=O) groups excluding carboxylic acids is 2. The Balaban J connectivity index is 1.37. The Morgan fingerprint density at radius 3 is 2.02 bits per heavy atom. The summed E-state index contributed by atoms with van der Waals surface area (Å²) in [5.41, 5.74) is 4.13. The van der Waals surface area contributed by atoms with Crippen molar-refractivity contribution in [2.24, 2.45) is 0 Å². The van der Waals surface area contributed by atoms with Crippen LogP contribution in [0.4, 0.5) is 10.2 Å². The molecule has 200 valence electrons. The molecule has 2 amide bonds. The number of aromatic nitrogens is 2. The molecule has 0 atom stereocenters. The first-order valence-electron chi connectivity index (χ1n) is 13.1. The molecular weight excluding hydrogens is 503 g/mol. The average Bonchev–Trinajstić information content (AvgIpc) is 3.41. The number of anilines is 1. The van der Waals surface area contributed by atoms with E-state index in [0.29, 0.717) is 30.2 Å². The number of hydrogen-bond acceptors (Lipinski definition) is 3. The van der Waals surface area contributed by atoms with E-state index in [-0.39, 0.29) is 30.6 Å². The van der Waals surface area contributed by atoms with E-state index in [9.17, 15) is 14.0 Å². The van der Waals surface area contributed by atoms with E-state index in [1.54, 1.807) is 27.8 Å². The van der Waals surface area contributed by atoms with E-state index >= 15 is 0 Å². The Bertz CT molecular complexity index is 1550. The lowest BCUT2D eigenvalue weighted by molar-refractivity contribution is -0.135. The molecule has 0 aliphatic heterocycles. The van der Waals surface area contributed by atoms with Crippen LogP contribution in [0.5, 0.6) is 0 Å². The summed E-state index contributed by atoms with van der Waals surface area (Å²) < 4.78 is 15.2. The van der Waals surface area contributed by atoms with Crippen LogP contribution in [-0.2, 0) is 22.6 Å². The van der Waals surface area contributed by atoms with Crippen molar-refractivity contribution in [3.63, 3.8) is 0 Å². The number of benzene rings is 4. The summed E-state index contributed by atoms with van der Waals surface area (Å²) in [5, 5.41) is 7.61. The van der Waals surface area contributed by atoms with Crippen LogP contribution in [0.1, 0.15) is 17.5 Å². The van der Waals surface area contributed by atoms with Crippen molar-refractivity contribution in [3.8, 4) is 16.9 Å². The van der Waals surface area contributed by atoms with E-state index in [1.807, 2.05) is 91.0 Å². The summed E-state index contributed by atoms with van der Waals surface area (Å²) in [6.07, 6.45) is 0.875. The Kier molecular flexibility index (Phi) is 8.41. The van der Waals surface area contributed by atoms with Crippen molar-refractivity contribution < 1.29 is 14.0 Å². The van der Waals surface area contributed by atoms with Crippen molar-refractivity contribution in [2.45, 2.75) is 19.4 Å². The largest absolute Gasteiger partial charge is 0.329 e. The first-order chi connectivity index (χ1) is 19.5. The maximum absolute atomic E-state index is 13.6. The standard InChI is InChI=1S/C33H29FN4O2/c34-28-17-19-29(20-18-28)38-31(22-30(36-38)27-14-8-3-9-15-27)35-32(39)24-37(23-26-12-6-2-7-13-26)33(40)21-16-25-10-4-1-5-11-25/h1-15,17-20,22H,16,21,23-24H2,(H,35,39). The fourth-order valence-electron chi connectivity index (χ4n) is 4.45. The van der Waals surface area contributed by atoms with Gasteiger partial charge < -0.3 is 10.2 Å². The average molecular weight is 533 g/mol. The highest BCUT2D eigenvalue weighted by atomic mass is 19.1. The maximum atomic E-state index is 13.6. The molecule has 5 rings (SSSR count). The lowest BCUT2D eigenvalue weighted by atomic mass is 10.1. The minimum atomic E-state index is -0.365. The Labute approximate surface area is 232 Å². The second kappa shape index (κ2) is 12.7. The summed E-state index contributed by atoms with van der Waals surface area (Å²) in [5.74, 6) is -0.408. The second-order valence-electron chi connectivity index (χ2n) is 9.44. The molecule has 0 saturated carbocycles. The Hall–Kier alpha value is -5.04. The van der Waals surface area contributed by atoms with Gasteiger partial charge in [-0.05, 0) is 41.8 Å². The smallest absolute Gasteiger partial charge is 0.245 e. The van der Waals surface area contributed by atoms with Gasteiger partial charge in [-0.1, -0.05) is 91.0 Å². The number of hydrogen-bond donors (Lipinski definition) is 1. The number of halogens is 1. The van der Waals surface area contributed by atoms with E-state index in [2.05, 4.69) is 10.4 Å². The Morgan fingerprint density at radius 2 is 1.38 bits per heavy atom. The van der Waals surface area contributed by atoms with Crippen molar-refractivity contribution in [2.75, 3.05) is 11.9 Å². The topological polar surface area (TPSA) is 67.2 Å². The molecule has 0 radical (unpaired) electrons. The van der Waals surface area contributed by atoms with Crippen LogP contribution in [0.3, 0.4) is 0 Å². The van der Waals surface area contributed by atoms with Crippen molar-refractivity contribution >= 4 is 17.6 Å². The predicted molar refractivity (Wildman–Crippen MR) is 154 cm³/mol. The quantitative estimate of drug-likeness (QED) is 0.230. The van der Waals surface area contributed by atoms with Gasteiger partial charge in [-0.2, -0.15) is 5.10 Å². The third-order valence-electron chi connectivity index (χ3n) is 6.49. The van der Waals surface area contributed by atoms with Gasteiger partial charge in [0.25, 0.3) is 0 Å². The number of rotatable bonds is 10. The van der Waals surface area contributed by atoms with Crippen LogP contribution in [0, 0.1) is 5.82 Å². The highest BCUT2D eigenvalue weighted by Gasteiger charge is 2.20. The van der Waals surface area contributed by atoms with Gasteiger partial charge in [-0.3, -0.25) is 9.59 Å². The van der Waals surface area contributed by atoms with Crippen LogP contribution < -0.4 is 5.32 Å². The summed E-state index contributed by atoms with van der Waals surface area (Å²) in [6.45, 7) is 0.187. The zero-order valence-electron chi connectivity index (χ0n) is 21.9. The fourth-order valence-corrected chi connectivity index (χ4v) is 4.45. The van der Waals surface area contributed by atoms with Crippen molar-refractivity contribution in [1.82, 2.24) is 14.7 Å². The van der Waals surface area contributed by atoms with Gasteiger partial charge in [0.1, 0.15) is 18.2 Å². The minimum Gasteiger partial charge on any atom is -0.329 e. The van der Waals surface area contributed by atoms with Crippen LogP contribution in [0.2, 0.25) is 0 Å². The molecule has 6 nitrogen and oxygen atoms in total. The molecule has 7 heteroatoms. The van der Waals surface area contributed by atoms with Crippen LogP contribution in [0.25, 0.3) is 16.9 Å². The lowest BCUT2D eigenvalue weighted by Gasteiger charge is -2.22. The molecule has 4 aromatic carbocycles. The first kappa shape index (κ1) is 26.6. The molecule has 0 fully saturated rings. The van der Waals surface area contributed by atoms with Gasteiger partial charge in [0.15, 0.2) is 0 Å². The molecule has 0 aliphatic rings. The molecule has 1 N–H and O–H groups in total. The minimum absolute atomic E-state index is 0.111. The highest BCUT2D eigenvalue weighted by Crippen LogP contribution is 2.25. The monoisotopic (exact) mass is 532 g/mol. The van der Waals surface area contributed by atoms with E-state index in [0.717, 1.165) is 16.7 Å². The normalized spacial score (nSPS) is 10.7. The lowest BCUT2D eigenvalue weighted by Crippen LogP contribution is -2.38. The molecule has 0 saturated heterocycles. The van der Waals surface area contributed by atoms with E-state index in [4.69, 9.17) is 0 Å². The van der Waals surface area contributed by atoms with Gasteiger partial charge in [-0.15, -0.1) is 0 Å². The fraction of sp³-hybridized carbons (Fsp3) is 0.121. The number of nitrogens with zero attached hydrogens (tertiary/aromatic N) is 3. The second-order valence-corrected chi connectivity index (χ2v) is 9.44. The molecule has 40 heavy (non-hydrogen) atoms. The van der Waals surface area contributed by atoms with Gasteiger partial charge in [-0.25, -0.2) is 9.07 Å². The first-order valence-corrected chi connectivity index (χ1v) is 13.1. The van der Waals surface area contributed by atoms with Crippen LogP contribution in [0.15, 0.2) is 121 Å². The van der Waals surface area contributed by atoms with E-state index in [1.165, 1.54) is 12.1 Å². The summed E-state index contributed by atoms with van der Waals surface area (Å²) in [6, 6.07) is 36.7. The van der Waals surface area contributed by atoms with Crippen molar-refractivity contribution in [1.29, 1.82) is 0 Å². The molecule has 0 bridgehead atoms. The SMILES string of the molecule is O=C(CN(Cc1ccccc1)C(=O)CCc1ccccc1)Nc1cc(-c2ccccc2)nn1-c1ccc(F)cc1. The summed E-state index contributed by atoms with van der Waals surface area (Å²) >= 11 is 0. The maximum Gasteiger partial charge on any atom is 0.245 e. The third kappa shape index (κ3) is 6.88. The molecule has 1 heterocycles. The Morgan fingerprint density at radius 1 is 0.775 bits per heavy atom. The molecular formula is C33H29FN4O2. The van der Waals surface area contributed by atoms with E-state index < -0.39 is 0 Å². The number of nitrogens with one attached hydrogen (secondary N) is 1. The molecule has 0 aliphatic carbocycles. The summed E-state index contributed by atoms with van der Waals surface area (Å²) in [7, 11) is 0. The number of amides is 2.